The minimum atomic E-state index is 0.219. The van der Waals surface area contributed by atoms with E-state index in [1.807, 2.05) is 30.6 Å². The summed E-state index contributed by atoms with van der Waals surface area (Å²) < 4.78 is 2.21. The van der Waals surface area contributed by atoms with Crippen molar-refractivity contribution < 1.29 is 0 Å². The van der Waals surface area contributed by atoms with Gasteiger partial charge in [-0.3, -0.25) is 4.98 Å². The van der Waals surface area contributed by atoms with E-state index in [0.717, 1.165) is 55.3 Å². The van der Waals surface area contributed by atoms with Crippen LogP contribution < -0.4 is 5.32 Å². The van der Waals surface area contributed by atoms with Crippen molar-refractivity contribution in [3.8, 4) is 11.5 Å². The van der Waals surface area contributed by atoms with Crippen LogP contribution in [0.15, 0.2) is 36.8 Å². The molecular formula is C18H18N6. The summed E-state index contributed by atoms with van der Waals surface area (Å²) in [7, 11) is 0. The summed E-state index contributed by atoms with van der Waals surface area (Å²) in [5.74, 6) is 2.76. The Kier molecular flexibility index (Phi) is 3.07. The van der Waals surface area contributed by atoms with E-state index in [9.17, 15) is 0 Å². The Hall–Kier alpha value is -2.76. The smallest absolute Gasteiger partial charge is 0.180 e. The molecular weight excluding hydrogens is 300 g/mol. The Morgan fingerprint density at radius 2 is 2.08 bits per heavy atom. The monoisotopic (exact) mass is 318 g/mol. The van der Waals surface area contributed by atoms with E-state index in [-0.39, 0.29) is 6.04 Å². The number of imidazole rings is 1. The van der Waals surface area contributed by atoms with Gasteiger partial charge in [0.15, 0.2) is 5.82 Å². The summed E-state index contributed by atoms with van der Waals surface area (Å²) in [4.78, 5) is 18.5. The summed E-state index contributed by atoms with van der Waals surface area (Å²) in [6.45, 7) is 1.01. The third-order valence-electron chi connectivity index (χ3n) is 4.86. The molecule has 0 bridgehead atoms. The molecule has 0 spiro atoms. The van der Waals surface area contributed by atoms with Gasteiger partial charge in [-0.2, -0.15) is 0 Å². The number of fused-ring (bicyclic) bond motifs is 2. The Labute approximate surface area is 140 Å². The fourth-order valence-corrected chi connectivity index (χ4v) is 3.68. The number of nitrogens with one attached hydrogen (secondary N) is 1. The largest absolute Gasteiger partial charge is 0.360 e. The van der Waals surface area contributed by atoms with Crippen LogP contribution in [0.25, 0.3) is 11.5 Å². The fraction of sp³-hybridized carbons (Fsp3) is 0.333. The first-order valence-corrected chi connectivity index (χ1v) is 8.47. The average molecular weight is 318 g/mol. The second-order valence-electron chi connectivity index (χ2n) is 6.35. The maximum absolute atomic E-state index is 4.81. The minimum absolute atomic E-state index is 0.219. The molecule has 1 N–H and O–H groups in total. The Morgan fingerprint density at radius 3 is 3.00 bits per heavy atom. The summed E-state index contributed by atoms with van der Waals surface area (Å²) in [5.41, 5.74) is 3.25. The van der Waals surface area contributed by atoms with Crippen LogP contribution in [0.1, 0.15) is 36.0 Å². The molecule has 0 radical (unpaired) electrons. The van der Waals surface area contributed by atoms with Gasteiger partial charge in [-0.15, -0.1) is 0 Å². The highest BCUT2D eigenvalue weighted by Gasteiger charge is 2.27. The molecule has 3 aromatic rings. The number of hydrogen-bond donors (Lipinski definition) is 1. The van der Waals surface area contributed by atoms with Gasteiger partial charge in [0.1, 0.15) is 17.3 Å². The van der Waals surface area contributed by atoms with Crippen molar-refractivity contribution in [3.05, 3.63) is 53.9 Å². The van der Waals surface area contributed by atoms with Gasteiger partial charge in [0, 0.05) is 36.4 Å². The second kappa shape index (κ2) is 5.40. The first-order valence-electron chi connectivity index (χ1n) is 8.47. The van der Waals surface area contributed by atoms with Gasteiger partial charge in [0.05, 0.1) is 6.04 Å². The number of nitrogens with zero attached hydrogens (tertiary/aromatic N) is 5. The number of anilines is 1. The van der Waals surface area contributed by atoms with Crippen molar-refractivity contribution in [2.45, 2.75) is 38.3 Å². The van der Waals surface area contributed by atoms with E-state index in [1.165, 1.54) is 5.56 Å². The predicted octanol–water partition coefficient (Wildman–Crippen LogP) is 2.78. The molecule has 6 heteroatoms. The molecule has 1 aliphatic heterocycles. The average Bonchev–Trinajstić information content (AvgIpc) is 3.33. The normalized spacial score (nSPS) is 18.4. The maximum atomic E-state index is 4.81. The van der Waals surface area contributed by atoms with Gasteiger partial charge in [0.2, 0.25) is 0 Å². The van der Waals surface area contributed by atoms with E-state index in [4.69, 9.17) is 9.97 Å². The molecule has 1 aliphatic carbocycles. The van der Waals surface area contributed by atoms with Gasteiger partial charge in [-0.25, -0.2) is 15.0 Å². The minimum Gasteiger partial charge on any atom is -0.360 e. The summed E-state index contributed by atoms with van der Waals surface area (Å²) in [6.07, 6.45) is 9.94. The lowest BCUT2D eigenvalue weighted by molar-refractivity contribution is 0.705. The lowest BCUT2D eigenvalue weighted by atomic mass is 10.2. The number of hydrogen-bond acceptors (Lipinski definition) is 5. The molecule has 0 saturated heterocycles. The lowest BCUT2D eigenvalue weighted by Crippen LogP contribution is -2.13. The highest BCUT2D eigenvalue weighted by atomic mass is 15.2. The third-order valence-corrected chi connectivity index (χ3v) is 4.86. The van der Waals surface area contributed by atoms with Crippen LogP contribution in [0.5, 0.6) is 0 Å². The van der Waals surface area contributed by atoms with Gasteiger partial charge >= 0.3 is 0 Å². The number of aromatic nitrogens is 5. The van der Waals surface area contributed by atoms with Crippen LogP contribution in [0.4, 0.5) is 5.82 Å². The molecule has 1 unspecified atom stereocenters. The quantitative estimate of drug-likeness (QED) is 0.804. The summed E-state index contributed by atoms with van der Waals surface area (Å²) in [5, 5.41) is 3.63. The van der Waals surface area contributed by atoms with E-state index in [0.29, 0.717) is 5.82 Å². The Balaban J connectivity index is 1.55. The topological polar surface area (TPSA) is 68.5 Å². The first-order chi connectivity index (χ1) is 11.9. The molecule has 0 saturated carbocycles. The van der Waals surface area contributed by atoms with Crippen LogP contribution in [-0.2, 0) is 19.4 Å². The third kappa shape index (κ3) is 2.18. The van der Waals surface area contributed by atoms with E-state index in [2.05, 4.69) is 19.9 Å². The zero-order valence-corrected chi connectivity index (χ0v) is 13.3. The van der Waals surface area contributed by atoms with Gasteiger partial charge < -0.3 is 9.88 Å². The molecule has 4 heterocycles. The van der Waals surface area contributed by atoms with Crippen molar-refractivity contribution in [1.82, 2.24) is 24.5 Å². The summed E-state index contributed by atoms with van der Waals surface area (Å²) >= 11 is 0. The highest BCUT2D eigenvalue weighted by molar-refractivity contribution is 5.58. The van der Waals surface area contributed by atoms with E-state index < -0.39 is 0 Å². The van der Waals surface area contributed by atoms with E-state index in [1.54, 1.807) is 6.20 Å². The standard InChI is InChI=1S/C18H18N6/c1-2-8-19-14(5-1)17-21-13-6-3-4-12(13)16(23-17)22-15-7-10-24-11-9-20-18(15)24/h1-2,5,8-9,11,15H,3-4,6-7,10H2,(H,21,22,23). The fourth-order valence-electron chi connectivity index (χ4n) is 3.68. The highest BCUT2D eigenvalue weighted by Crippen LogP contribution is 2.33. The van der Waals surface area contributed by atoms with Crippen molar-refractivity contribution in [1.29, 1.82) is 0 Å². The SMILES string of the molecule is c1ccc(-c2nc3c(c(NC4CCn5ccnc54)n2)CCC3)nc1. The van der Waals surface area contributed by atoms with Gasteiger partial charge in [0.25, 0.3) is 0 Å². The number of rotatable bonds is 3. The van der Waals surface area contributed by atoms with Crippen LogP contribution in [-0.4, -0.2) is 24.5 Å². The predicted molar refractivity (Wildman–Crippen MR) is 90.5 cm³/mol. The van der Waals surface area contributed by atoms with Crippen LogP contribution >= 0.6 is 0 Å². The zero-order chi connectivity index (χ0) is 15.9. The molecule has 0 fully saturated rings. The molecule has 5 rings (SSSR count). The van der Waals surface area contributed by atoms with Crippen LogP contribution in [0, 0.1) is 0 Å². The summed E-state index contributed by atoms with van der Waals surface area (Å²) in [6, 6.07) is 6.06. The molecule has 0 aromatic carbocycles. The molecule has 6 nitrogen and oxygen atoms in total. The maximum Gasteiger partial charge on any atom is 0.180 e. The number of pyridine rings is 1. The van der Waals surface area contributed by atoms with Crippen LogP contribution in [0.3, 0.4) is 0 Å². The van der Waals surface area contributed by atoms with Crippen molar-refractivity contribution >= 4 is 5.82 Å². The molecule has 120 valence electrons. The molecule has 1 atom stereocenters. The zero-order valence-electron chi connectivity index (χ0n) is 13.3. The lowest BCUT2D eigenvalue weighted by Gasteiger charge is -2.16. The van der Waals surface area contributed by atoms with Crippen molar-refractivity contribution in [2.75, 3.05) is 5.32 Å². The van der Waals surface area contributed by atoms with Crippen LogP contribution in [0.2, 0.25) is 0 Å². The van der Waals surface area contributed by atoms with Gasteiger partial charge in [-0.05, 0) is 37.8 Å². The van der Waals surface area contributed by atoms with Gasteiger partial charge in [-0.1, -0.05) is 6.07 Å². The van der Waals surface area contributed by atoms with Crippen molar-refractivity contribution in [2.24, 2.45) is 0 Å². The Morgan fingerprint density at radius 1 is 1.08 bits per heavy atom. The first kappa shape index (κ1) is 13.7. The molecule has 0 amide bonds. The molecule has 24 heavy (non-hydrogen) atoms. The second-order valence-corrected chi connectivity index (χ2v) is 6.35. The molecule has 3 aromatic heterocycles. The van der Waals surface area contributed by atoms with Crippen molar-refractivity contribution in [3.63, 3.8) is 0 Å². The Bertz CT molecular complexity index is 886. The van der Waals surface area contributed by atoms with E-state index >= 15 is 0 Å². The molecule has 2 aliphatic rings. The number of aryl methyl sites for hydroxylation is 2.